The van der Waals surface area contributed by atoms with Gasteiger partial charge in [-0.3, -0.25) is 0 Å². The third kappa shape index (κ3) is 20.2. The number of rotatable bonds is 8. The highest BCUT2D eigenvalue weighted by Crippen LogP contribution is 2.21. The Labute approximate surface area is 102 Å². The number of hydrogen-bond acceptors (Lipinski definition) is 0. The molecule has 0 aromatic carbocycles. The molecule has 0 unspecified atom stereocenters. The lowest BCUT2D eigenvalue weighted by molar-refractivity contribution is 0.531. The van der Waals surface area contributed by atoms with Gasteiger partial charge in [0.05, 0.1) is 0 Å². The van der Waals surface area contributed by atoms with E-state index in [1.54, 1.807) is 0 Å². The van der Waals surface area contributed by atoms with Crippen LogP contribution in [0.4, 0.5) is 0 Å². The van der Waals surface area contributed by atoms with E-state index >= 15 is 0 Å². The molecule has 0 aliphatic heterocycles. The minimum Gasteiger partial charge on any atom is -0.120 e. The quantitative estimate of drug-likeness (QED) is 0.276. The molecule has 0 heterocycles. The van der Waals surface area contributed by atoms with Crippen molar-refractivity contribution in [1.82, 2.24) is 0 Å². The molecule has 0 N–H and O–H groups in total. The summed E-state index contributed by atoms with van der Waals surface area (Å²) in [5.41, 5.74) is 0. The molecule has 0 spiro atoms. The van der Waals surface area contributed by atoms with Crippen LogP contribution in [0.15, 0.2) is 13.2 Å². The molecule has 0 aromatic rings. The van der Waals surface area contributed by atoms with E-state index in [0.717, 1.165) is 6.42 Å². The van der Waals surface area contributed by atoms with Gasteiger partial charge in [0.1, 0.15) is 0 Å². The molecule has 0 aromatic heterocycles. The average molecular weight is 233 g/mol. The Morgan fingerprint density at radius 3 is 1.67 bits per heavy atom. The van der Waals surface area contributed by atoms with Gasteiger partial charge in [0.15, 0.2) is 0 Å². The van der Waals surface area contributed by atoms with Crippen LogP contribution in [-0.4, -0.2) is 4.87 Å². The minimum atomic E-state index is 0.0173. The third-order valence-corrected chi connectivity index (χ3v) is 2.56. The molecule has 92 valence electrons. The largest absolute Gasteiger partial charge is 0.120 e. The molecule has 0 aliphatic carbocycles. The third-order valence-electron chi connectivity index (χ3n) is 2.37. The van der Waals surface area contributed by atoms with E-state index in [0.29, 0.717) is 0 Å². The fourth-order valence-corrected chi connectivity index (χ4v) is 1.64. The normalized spacial score (nSPS) is 10.7. The number of hydrogen-bond donors (Lipinski definition) is 0. The molecule has 0 saturated carbocycles. The first kappa shape index (κ1) is 17.4. The molecule has 0 bridgehead atoms. The van der Waals surface area contributed by atoms with Gasteiger partial charge >= 0.3 is 0 Å². The number of alkyl halides is 1. The lowest BCUT2D eigenvalue weighted by Crippen LogP contribution is -2.08. The minimum absolute atomic E-state index is 0.0173. The summed E-state index contributed by atoms with van der Waals surface area (Å²) in [6.07, 6.45) is 10.8. The maximum Gasteiger partial charge on any atom is 0.0390 e. The van der Waals surface area contributed by atoms with Gasteiger partial charge in [-0.2, -0.15) is 0 Å². The van der Waals surface area contributed by atoms with Crippen molar-refractivity contribution >= 4 is 11.6 Å². The van der Waals surface area contributed by atoms with Crippen LogP contribution in [0.3, 0.4) is 0 Å². The molecule has 0 rings (SSSR count). The molecule has 15 heavy (non-hydrogen) atoms. The van der Waals surface area contributed by atoms with Crippen molar-refractivity contribution in [3.63, 3.8) is 0 Å². The summed E-state index contributed by atoms with van der Waals surface area (Å²) >= 11 is 6.10. The molecule has 0 saturated heterocycles. The summed E-state index contributed by atoms with van der Waals surface area (Å²) in [5.74, 6) is 0. The smallest absolute Gasteiger partial charge is 0.0390 e. The van der Waals surface area contributed by atoms with E-state index in [-0.39, 0.29) is 4.87 Å². The number of halogens is 1. The highest BCUT2D eigenvalue weighted by atomic mass is 35.5. The maximum atomic E-state index is 6.10. The summed E-state index contributed by atoms with van der Waals surface area (Å²) in [5, 5.41) is 0. The highest BCUT2D eigenvalue weighted by Gasteiger charge is 2.11. The Bertz CT molecular complexity index is 113. The van der Waals surface area contributed by atoms with Gasteiger partial charge in [0.25, 0.3) is 0 Å². The SMILES string of the molecule is C=C.CCCCCCCCCC(C)(C)Cl. The Balaban J connectivity index is 0. The van der Waals surface area contributed by atoms with Crippen LogP contribution in [0, 0.1) is 0 Å². The van der Waals surface area contributed by atoms with Crippen molar-refractivity contribution in [3.05, 3.63) is 13.2 Å². The standard InChI is InChI=1S/C12H25Cl.C2H4/c1-4-5-6-7-8-9-10-11-12(2,3)13;1-2/h4-11H2,1-3H3;1-2H2. The fraction of sp³-hybridized carbons (Fsp3) is 0.857. The predicted octanol–water partition coefficient (Wildman–Crippen LogP) is 5.95. The molecular weight excluding hydrogens is 204 g/mol. The zero-order chi connectivity index (χ0) is 12.2. The highest BCUT2D eigenvalue weighted by molar-refractivity contribution is 6.23. The Hall–Kier alpha value is 0.0300. The van der Waals surface area contributed by atoms with Crippen LogP contribution in [-0.2, 0) is 0 Å². The van der Waals surface area contributed by atoms with E-state index in [9.17, 15) is 0 Å². The summed E-state index contributed by atoms with van der Waals surface area (Å²) in [6, 6.07) is 0. The van der Waals surface area contributed by atoms with Gasteiger partial charge in [0, 0.05) is 4.87 Å². The predicted molar refractivity (Wildman–Crippen MR) is 73.8 cm³/mol. The molecule has 0 radical (unpaired) electrons. The van der Waals surface area contributed by atoms with Crippen molar-refractivity contribution < 1.29 is 0 Å². The second kappa shape index (κ2) is 12.1. The monoisotopic (exact) mass is 232 g/mol. The Kier molecular flexibility index (Phi) is 14.1. The lowest BCUT2D eigenvalue weighted by atomic mass is 10.0. The first-order valence-electron chi connectivity index (χ1n) is 6.25. The van der Waals surface area contributed by atoms with Gasteiger partial charge < -0.3 is 0 Å². The maximum absolute atomic E-state index is 6.10. The summed E-state index contributed by atoms with van der Waals surface area (Å²) < 4.78 is 0. The van der Waals surface area contributed by atoms with Crippen molar-refractivity contribution in [2.24, 2.45) is 0 Å². The topological polar surface area (TPSA) is 0 Å². The van der Waals surface area contributed by atoms with Gasteiger partial charge in [-0.1, -0.05) is 51.9 Å². The molecule has 0 fully saturated rings. The number of unbranched alkanes of at least 4 members (excludes halogenated alkanes) is 6. The van der Waals surface area contributed by atoms with E-state index < -0.39 is 0 Å². The van der Waals surface area contributed by atoms with Crippen LogP contribution < -0.4 is 0 Å². The van der Waals surface area contributed by atoms with Crippen LogP contribution in [0.5, 0.6) is 0 Å². The van der Waals surface area contributed by atoms with Crippen molar-refractivity contribution in [3.8, 4) is 0 Å². The molecule has 0 atom stereocenters. The summed E-state index contributed by atoms with van der Waals surface area (Å²) in [6.45, 7) is 12.5. The van der Waals surface area contributed by atoms with Crippen LogP contribution in [0.25, 0.3) is 0 Å². The first-order valence-corrected chi connectivity index (χ1v) is 6.63. The second-order valence-electron chi connectivity index (χ2n) is 4.59. The molecular formula is C14H29Cl. The van der Waals surface area contributed by atoms with E-state index in [1.165, 1.54) is 44.9 Å². The molecule has 0 amide bonds. The average Bonchev–Trinajstić information content (AvgIpc) is 2.18. The zero-order valence-electron chi connectivity index (χ0n) is 10.9. The zero-order valence-corrected chi connectivity index (χ0v) is 11.7. The van der Waals surface area contributed by atoms with Crippen LogP contribution in [0.2, 0.25) is 0 Å². The van der Waals surface area contributed by atoms with Gasteiger partial charge in [-0.05, 0) is 20.3 Å². The van der Waals surface area contributed by atoms with Gasteiger partial charge in [0.2, 0.25) is 0 Å². The Morgan fingerprint density at radius 1 is 0.867 bits per heavy atom. The molecule has 1 heteroatoms. The van der Waals surface area contributed by atoms with Gasteiger partial charge in [-0.25, -0.2) is 0 Å². The van der Waals surface area contributed by atoms with E-state index in [4.69, 9.17) is 11.6 Å². The lowest BCUT2D eigenvalue weighted by Gasteiger charge is -2.14. The van der Waals surface area contributed by atoms with Gasteiger partial charge in [-0.15, -0.1) is 24.8 Å². The van der Waals surface area contributed by atoms with Crippen LogP contribution in [0.1, 0.15) is 72.1 Å². The summed E-state index contributed by atoms with van der Waals surface area (Å²) in [7, 11) is 0. The van der Waals surface area contributed by atoms with Crippen molar-refractivity contribution in [1.29, 1.82) is 0 Å². The first-order chi connectivity index (χ1) is 7.06. The van der Waals surface area contributed by atoms with E-state index in [1.807, 2.05) is 0 Å². The molecule has 0 nitrogen and oxygen atoms in total. The molecule has 0 aliphatic rings. The van der Waals surface area contributed by atoms with Crippen LogP contribution >= 0.6 is 11.6 Å². The summed E-state index contributed by atoms with van der Waals surface area (Å²) in [4.78, 5) is 0.0173. The Morgan fingerprint density at radius 2 is 1.27 bits per heavy atom. The van der Waals surface area contributed by atoms with E-state index in [2.05, 4.69) is 33.9 Å². The van der Waals surface area contributed by atoms with Crippen molar-refractivity contribution in [2.45, 2.75) is 77.0 Å². The second-order valence-corrected chi connectivity index (χ2v) is 5.61. The van der Waals surface area contributed by atoms with Crippen molar-refractivity contribution in [2.75, 3.05) is 0 Å². The fourth-order valence-electron chi connectivity index (χ4n) is 1.50.